The molecule has 1 fully saturated rings. The predicted octanol–water partition coefficient (Wildman–Crippen LogP) is 2.84. The highest BCUT2D eigenvalue weighted by Gasteiger charge is 2.65. The number of anilines is 2. The lowest BCUT2D eigenvalue weighted by atomic mass is 10.1. The molecule has 3 rings (SSSR count). The lowest BCUT2D eigenvalue weighted by Crippen LogP contribution is -2.18. The van der Waals surface area contributed by atoms with Crippen molar-refractivity contribution in [2.24, 2.45) is 17.3 Å². The number of amides is 2. The van der Waals surface area contributed by atoms with Crippen LogP contribution in [0.15, 0.2) is 41.0 Å². The Morgan fingerprint density at radius 2 is 1.89 bits per heavy atom. The van der Waals surface area contributed by atoms with Crippen LogP contribution in [-0.4, -0.2) is 30.0 Å². The van der Waals surface area contributed by atoms with Crippen molar-refractivity contribution >= 4 is 29.2 Å². The number of hydrogen-bond acceptors (Lipinski definition) is 5. The molecule has 1 saturated carbocycles. The summed E-state index contributed by atoms with van der Waals surface area (Å²) >= 11 is 0. The van der Waals surface area contributed by atoms with Crippen molar-refractivity contribution in [3.63, 3.8) is 0 Å². The maximum Gasteiger partial charge on any atom is 0.307 e. The Labute approximate surface area is 155 Å². The summed E-state index contributed by atoms with van der Waals surface area (Å²) in [7, 11) is 1.44. The largest absolute Gasteiger partial charge is 0.494 e. The Kier molecular flexibility index (Phi) is 4.65. The molecule has 0 saturated heterocycles. The number of furan rings is 1. The number of carbonyl (C=O) groups is 3. The first-order chi connectivity index (χ1) is 12.8. The number of methoxy groups -OCH3 is 1. The van der Waals surface area contributed by atoms with Crippen molar-refractivity contribution in [2.45, 2.75) is 13.8 Å². The van der Waals surface area contributed by atoms with Crippen molar-refractivity contribution in [3.8, 4) is 5.75 Å². The molecule has 8 heteroatoms. The van der Waals surface area contributed by atoms with Gasteiger partial charge in [0.25, 0.3) is 5.91 Å². The molecule has 2 aromatic rings. The first kappa shape index (κ1) is 18.5. The molecule has 1 heterocycles. The van der Waals surface area contributed by atoms with Crippen LogP contribution >= 0.6 is 0 Å². The third-order valence-corrected chi connectivity index (χ3v) is 4.84. The third kappa shape index (κ3) is 3.51. The van der Waals surface area contributed by atoms with Gasteiger partial charge in [-0.05, 0) is 29.7 Å². The van der Waals surface area contributed by atoms with Crippen LogP contribution in [0.4, 0.5) is 11.4 Å². The smallest absolute Gasteiger partial charge is 0.307 e. The van der Waals surface area contributed by atoms with E-state index in [4.69, 9.17) is 9.15 Å². The molecule has 2 atom stereocenters. The molecule has 0 bridgehead atoms. The molecule has 0 aliphatic heterocycles. The summed E-state index contributed by atoms with van der Waals surface area (Å²) in [6, 6.07) is 7.88. The summed E-state index contributed by atoms with van der Waals surface area (Å²) in [6.07, 6.45) is 1.40. The minimum absolute atomic E-state index is 0.158. The molecule has 1 aliphatic carbocycles. The van der Waals surface area contributed by atoms with E-state index in [-0.39, 0.29) is 11.7 Å². The fraction of sp³-hybridized carbons (Fsp3) is 0.316. The zero-order valence-electron chi connectivity index (χ0n) is 15.1. The molecule has 142 valence electrons. The highest BCUT2D eigenvalue weighted by atomic mass is 16.5. The van der Waals surface area contributed by atoms with Crippen LogP contribution in [0.2, 0.25) is 0 Å². The molecular formula is C19H20N2O6. The number of aliphatic carboxylic acids is 1. The van der Waals surface area contributed by atoms with Gasteiger partial charge in [0.1, 0.15) is 5.75 Å². The van der Waals surface area contributed by atoms with Crippen LogP contribution in [0.25, 0.3) is 0 Å². The molecule has 27 heavy (non-hydrogen) atoms. The highest BCUT2D eigenvalue weighted by Crippen LogP contribution is 2.58. The summed E-state index contributed by atoms with van der Waals surface area (Å²) in [5.74, 6) is -2.57. The monoisotopic (exact) mass is 372 g/mol. The Morgan fingerprint density at radius 1 is 1.15 bits per heavy atom. The van der Waals surface area contributed by atoms with E-state index < -0.39 is 29.1 Å². The van der Waals surface area contributed by atoms with Gasteiger partial charge >= 0.3 is 5.97 Å². The van der Waals surface area contributed by atoms with Crippen LogP contribution < -0.4 is 15.4 Å². The number of rotatable bonds is 6. The highest BCUT2D eigenvalue weighted by molar-refractivity contribution is 6.04. The van der Waals surface area contributed by atoms with E-state index in [1.54, 1.807) is 38.1 Å². The molecule has 0 spiro atoms. The van der Waals surface area contributed by atoms with Gasteiger partial charge in [0.2, 0.25) is 5.91 Å². The SMILES string of the molecule is COc1cc(NC(=O)C2C(C(=O)O)C2(C)C)ccc1NC(=O)c1ccco1. The zero-order valence-corrected chi connectivity index (χ0v) is 15.1. The second-order valence-corrected chi connectivity index (χ2v) is 6.95. The topological polar surface area (TPSA) is 118 Å². The summed E-state index contributed by atoms with van der Waals surface area (Å²) in [5, 5.41) is 14.6. The first-order valence-corrected chi connectivity index (χ1v) is 8.32. The molecule has 2 amide bonds. The van der Waals surface area contributed by atoms with Crippen LogP contribution in [0, 0.1) is 17.3 Å². The standard InChI is InChI=1S/C19H20N2O6/c1-19(2)14(15(19)18(24)25)17(23)20-10-6-7-11(13(9-10)26-3)21-16(22)12-5-4-8-27-12/h4-9,14-15H,1-3H3,(H,20,23)(H,21,22)(H,24,25). The second-order valence-electron chi connectivity index (χ2n) is 6.95. The summed E-state index contributed by atoms with van der Waals surface area (Å²) in [4.78, 5) is 35.8. The number of carboxylic acids is 1. The molecular weight excluding hydrogens is 352 g/mol. The van der Waals surface area contributed by atoms with Crippen molar-refractivity contribution < 1.29 is 28.6 Å². The minimum atomic E-state index is -0.978. The van der Waals surface area contributed by atoms with Gasteiger partial charge in [-0.2, -0.15) is 0 Å². The number of ether oxygens (including phenoxy) is 1. The van der Waals surface area contributed by atoms with Crippen molar-refractivity contribution in [1.29, 1.82) is 0 Å². The lowest BCUT2D eigenvalue weighted by Gasteiger charge is -2.12. The Balaban J connectivity index is 1.72. The number of nitrogens with one attached hydrogen (secondary N) is 2. The van der Waals surface area contributed by atoms with Crippen LogP contribution in [0.5, 0.6) is 5.75 Å². The maximum atomic E-state index is 12.4. The second kappa shape index (κ2) is 6.79. The van der Waals surface area contributed by atoms with E-state index >= 15 is 0 Å². The van der Waals surface area contributed by atoms with Crippen molar-refractivity contribution in [2.75, 3.05) is 17.7 Å². The first-order valence-electron chi connectivity index (χ1n) is 8.32. The van der Waals surface area contributed by atoms with E-state index in [9.17, 15) is 19.5 Å². The Bertz CT molecular complexity index is 888. The van der Waals surface area contributed by atoms with Gasteiger partial charge in [0.05, 0.1) is 30.9 Å². The van der Waals surface area contributed by atoms with Crippen LogP contribution in [0.1, 0.15) is 24.4 Å². The normalized spacial score (nSPS) is 19.8. The third-order valence-electron chi connectivity index (χ3n) is 4.84. The fourth-order valence-electron chi connectivity index (χ4n) is 3.27. The average molecular weight is 372 g/mol. The average Bonchev–Trinajstić information content (AvgIpc) is 2.98. The molecule has 2 unspecified atom stereocenters. The van der Waals surface area contributed by atoms with Gasteiger partial charge in [-0.15, -0.1) is 0 Å². The van der Waals surface area contributed by atoms with E-state index in [1.165, 1.54) is 19.4 Å². The zero-order chi connectivity index (χ0) is 19.8. The molecule has 1 aromatic carbocycles. The van der Waals surface area contributed by atoms with Gasteiger partial charge in [-0.1, -0.05) is 13.8 Å². The van der Waals surface area contributed by atoms with Gasteiger partial charge < -0.3 is 24.9 Å². The van der Waals surface area contributed by atoms with Gasteiger partial charge in [0, 0.05) is 11.8 Å². The molecule has 1 aromatic heterocycles. The van der Waals surface area contributed by atoms with Gasteiger partial charge in [-0.3, -0.25) is 14.4 Å². The van der Waals surface area contributed by atoms with Crippen molar-refractivity contribution in [3.05, 3.63) is 42.4 Å². The van der Waals surface area contributed by atoms with Gasteiger partial charge in [-0.25, -0.2) is 0 Å². The molecule has 0 radical (unpaired) electrons. The van der Waals surface area contributed by atoms with Crippen LogP contribution in [0.3, 0.4) is 0 Å². The number of hydrogen-bond donors (Lipinski definition) is 3. The van der Waals surface area contributed by atoms with E-state index in [1.807, 2.05) is 0 Å². The number of carboxylic acid groups (broad SMARTS) is 1. The minimum Gasteiger partial charge on any atom is -0.494 e. The van der Waals surface area contributed by atoms with Crippen molar-refractivity contribution in [1.82, 2.24) is 0 Å². The predicted molar refractivity (Wildman–Crippen MR) is 96.7 cm³/mol. The summed E-state index contributed by atoms with van der Waals surface area (Å²) in [6.45, 7) is 3.51. The van der Waals surface area contributed by atoms with E-state index in [0.29, 0.717) is 17.1 Å². The van der Waals surface area contributed by atoms with E-state index in [0.717, 1.165) is 0 Å². The number of carbonyl (C=O) groups excluding carboxylic acids is 2. The Morgan fingerprint density at radius 3 is 2.44 bits per heavy atom. The van der Waals surface area contributed by atoms with E-state index in [2.05, 4.69) is 10.6 Å². The Hall–Kier alpha value is -3.29. The number of benzene rings is 1. The molecule has 1 aliphatic rings. The molecule has 3 N–H and O–H groups in total. The summed E-state index contributed by atoms with van der Waals surface area (Å²) in [5.41, 5.74) is 0.267. The quantitative estimate of drug-likeness (QED) is 0.718. The van der Waals surface area contributed by atoms with Crippen LogP contribution in [-0.2, 0) is 9.59 Å². The maximum absolute atomic E-state index is 12.4. The lowest BCUT2D eigenvalue weighted by molar-refractivity contribution is -0.140. The fourth-order valence-corrected chi connectivity index (χ4v) is 3.27. The summed E-state index contributed by atoms with van der Waals surface area (Å²) < 4.78 is 10.3. The molecule has 8 nitrogen and oxygen atoms in total. The van der Waals surface area contributed by atoms with Gasteiger partial charge in [0.15, 0.2) is 5.76 Å².